The lowest BCUT2D eigenvalue weighted by Crippen LogP contribution is -2.35. The van der Waals surface area contributed by atoms with Crippen LogP contribution < -0.4 is 0 Å². The van der Waals surface area contributed by atoms with Gasteiger partial charge in [0.05, 0.1) is 5.52 Å². The van der Waals surface area contributed by atoms with Crippen molar-refractivity contribution in [1.29, 1.82) is 0 Å². The van der Waals surface area contributed by atoms with Crippen LogP contribution in [0.15, 0.2) is 30.5 Å². The van der Waals surface area contributed by atoms with Gasteiger partial charge in [0.2, 0.25) is 0 Å². The van der Waals surface area contributed by atoms with Crippen LogP contribution in [-0.4, -0.2) is 48.0 Å². The molecule has 3 heteroatoms. The molecule has 1 aromatic carbocycles. The number of nitrogens with zero attached hydrogens (tertiary/aromatic N) is 3. The first-order chi connectivity index (χ1) is 11.1. The Morgan fingerprint density at radius 3 is 2.78 bits per heavy atom. The largest absolute Gasteiger partial charge is 0.305 e. The zero-order valence-electron chi connectivity index (χ0n) is 14.9. The summed E-state index contributed by atoms with van der Waals surface area (Å²) in [5, 5.41) is 1.31. The van der Waals surface area contributed by atoms with Gasteiger partial charge in [-0.25, -0.2) is 0 Å². The second-order valence-electron chi connectivity index (χ2n) is 7.20. The minimum atomic E-state index is 0.684. The van der Waals surface area contributed by atoms with Crippen LogP contribution in [0.3, 0.4) is 0 Å². The summed E-state index contributed by atoms with van der Waals surface area (Å²) < 4.78 is 0. The molecule has 2 atom stereocenters. The van der Waals surface area contributed by atoms with Crippen molar-refractivity contribution in [3.63, 3.8) is 0 Å². The van der Waals surface area contributed by atoms with Gasteiger partial charge in [0.15, 0.2) is 0 Å². The molecular formula is C20H29N3. The topological polar surface area (TPSA) is 19.4 Å². The van der Waals surface area contributed by atoms with Crippen LogP contribution in [0, 0.1) is 12.8 Å². The van der Waals surface area contributed by atoms with E-state index in [1.807, 2.05) is 6.20 Å². The second kappa shape index (κ2) is 6.98. The fraction of sp³-hybridized carbons (Fsp3) is 0.550. The number of hydrogen-bond donors (Lipinski definition) is 0. The molecule has 0 amide bonds. The maximum Gasteiger partial charge on any atom is 0.0705 e. The molecule has 2 heterocycles. The van der Waals surface area contributed by atoms with Crippen molar-refractivity contribution in [3.8, 4) is 0 Å². The second-order valence-corrected chi connectivity index (χ2v) is 7.20. The number of pyridine rings is 1. The summed E-state index contributed by atoms with van der Waals surface area (Å²) in [6, 6.07) is 9.31. The fourth-order valence-electron chi connectivity index (χ4n) is 4.07. The van der Waals surface area contributed by atoms with E-state index in [1.165, 1.54) is 42.4 Å². The molecule has 2 aromatic rings. The Morgan fingerprint density at radius 2 is 2.04 bits per heavy atom. The Morgan fingerprint density at radius 1 is 1.22 bits per heavy atom. The molecule has 1 aliphatic rings. The average Bonchev–Trinajstić information content (AvgIpc) is 2.94. The third kappa shape index (κ3) is 3.41. The quantitative estimate of drug-likeness (QED) is 0.839. The van der Waals surface area contributed by atoms with E-state index in [0.717, 1.165) is 18.0 Å². The molecule has 1 fully saturated rings. The van der Waals surface area contributed by atoms with Crippen LogP contribution in [0.1, 0.15) is 30.9 Å². The molecule has 3 nitrogen and oxygen atoms in total. The van der Waals surface area contributed by atoms with Gasteiger partial charge < -0.3 is 4.90 Å². The van der Waals surface area contributed by atoms with Crippen molar-refractivity contribution < 1.29 is 0 Å². The molecule has 3 rings (SSSR count). The first kappa shape index (κ1) is 16.4. The van der Waals surface area contributed by atoms with E-state index in [1.54, 1.807) is 0 Å². The number of benzene rings is 1. The van der Waals surface area contributed by atoms with Gasteiger partial charge in [-0.05, 0) is 56.6 Å². The normalized spacial score (nSPS) is 22.3. The highest BCUT2D eigenvalue weighted by atomic mass is 15.2. The maximum absolute atomic E-state index is 4.52. The SMILES string of the molecule is CCC[C@@H]1CN(Cc2c(C)ccc3ncccc23)C[C@H]1N(C)C. The number of likely N-dealkylation sites (tertiary alicyclic amines) is 1. The lowest BCUT2D eigenvalue weighted by Gasteiger charge is -2.24. The molecule has 0 spiro atoms. The molecular weight excluding hydrogens is 282 g/mol. The van der Waals surface area contributed by atoms with Crippen LogP contribution in [0.2, 0.25) is 0 Å². The van der Waals surface area contributed by atoms with Crippen molar-refractivity contribution in [1.82, 2.24) is 14.8 Å². The minimum absolute atomic E-state index is 0.684. The van der Waals surface area contributed by atoms with Gasteiger partial charge in [0.25, 0.3) is 0 Å². The molecule has 0 unspecified atom stereocenters. The zero-order valence-corrected chi connectivity index (χ0v) is 14.9. The summed E-state index contributed by atoms with van der Waals surface area (Å²) >= 11 is 0. The standard InChI is InChI=1S/C20H29N3/c1-5-7-16-12-23(14-20(16)22(3)4)13-18-15(2)9-10-19-17(18)8-6-11-21-19/h6,8-11,16,20H,5,7,12-14H2,1-4H3/t16-,20-/m1/s1. The van der Waals surface area contributed by atoms with E-state index in [-0.39, 0.29) is 0 Å². The predicted molar refractivity (Wildman–Crippen MR) is 97.6 cm³/mol. The summed E-state index contributed by atoms with van der Waals surface area (Å²) in [6.45, 7) is 7.96. The summed E-state index contributed by atoms with van der Waals surface area (Å²) in [4.78, 5) is 9.57. The van der Waals surface area contributed by atoms with E-state index >= 15 is 0 Å². The average molecular weight is 311 g/mol. The first-order valence-corrected chi connectivity index (χ1v) is 8.82. The number of hydrogen-bond acceptors (Lipinski definition) is 3. The molecule has 1 aromatic heterocycles. The van der Waals surface area contributed by atoms with Gasteiger partial charge in [0, 0.05) is 37.3 Å². The van der Waals surface area contributed by atoms with Crippen molar-refractivity contribution in [3.05, 3.63) is 41.6 Å². The summed E-state index contributed by atoms with van der Waals surface area (Å²) in [6.07, 6.45) is 4.49. The Bertz CT molecular complexity index is 665. The number of likely N-dealkylation sites (N-methyl/N-ethyl adjacent to an activating group) is 1. The van der Waals surface area contributed by atoms with Gasteiger partial charge >= 0.3 is 0 Å². The summed E-state index contributed by atoms with van der Waals surface area (Å²) in [5.74, 6) is 0.795. The number of fused-ring (bicyclic) bond motifs is 1. The van der Waals surface area contributed by atoms with Gasteiger partial charge in [0.1, 0.15) is 0 Å². The van der Waals surface area contributed by atoms with Crippen LogP contribution in [-0.2, 0) is 6.54 Å². The smallest absolute Gasteiger partial charge is 0.0705 e. The maximum atomic E-state index is 4.52. The lowest BCUT2D eigenvalue weighted by atomic mass is 9.98. The zero-order chi connectivity index (χ0) is 16.4. The van der Waals surface area contributed by atoms with E-state index < -0.39 is 0 Å². The van der Waals surface area contributed by atoms with Gasteiger partial charge in [-0.2, -0.15) is 0 Å². The van der Waals surface area contributed by atoms with E-state index in [4.69, 9.17) is 0 Å². The third-order valence-corrected chi connectivity index (χ3v) is 5.32. The van der Waals surface area contributed by atoms with Crippen LogP contribution in [0.25, 0.3) is 10.9 Å². The van der Waals surface area contributed by atoms with Crippen molar-refractivity contribution in [2.75, 3.05) is 27.2 Å². The number of rotatable bonds is 5. The highest BCUT2D eigenvalue weighted by Crippen LogP contribution is 2.28. The lowest BCUT2D eigenvalue weighted by molar-refractivity contribution is 0.239. The molecule has 23 heavy (non-hydrogen) atoms. The van der Waals surface area contributed by atoms with Crippen LogP contribution in [0.4, 0.5) is 0 Å². The fourth-order valence-corrected chi connectivity index (χ4v) is 4.07. The Kier molecular flexibility index (Phi) is 4.98. The van der Waals surface area contributed by atoms with E-state index in [9.17, 15) is 0 Å². The monoisotopic (exact) mass is 311 g/mol. The van der Waals surface area contributed by atoms with Crippen LogP contribution >= 0.6 is 0 Å². The molecule has 0 aliphatic carbocycles. The Hall–Kier alpha value is -1.45. The molecule has 0 N–H and O–H groups in total. The minimum Gasteiger partial charge on any atom is -0.305 e. The first-order valence-electron chi connectivity index (χ1n) is 8.82. The molecule has 0 saturated carbocycles. The van der Waals surface area contributed by atoms with Gasteiger partial charge in [-0.15, -0.1) is 0 Å². The Balaban J connectivity index is 1.84. The van der Waals surface area contributed by atoms with Crippen molar-refractivity contribution in [2.45, 2.75) is 39.3 Å². The van der Waals surface area contributed by atoms with Gasteiger partial charge in [-0.1, -0.05) is 25.5 Å². The predicted octanol–water partition coefficient (Wildman–Crippen LogP) is 3.71. The highest BCUT2D eigenvalue weighted by Gasteiger charge is 2.33. The molecule has 0 bridgehead atoms. The van der Waals surface area contributed by atoms with Crippen molar-refractivity contribution >= 4 is 10.9 Å². The van der Waals surface area contributed by atoms with Crippen molar-refractivity contribution in [2.24, 2.45) is 5.92 Å². The number of aryl methyl sites for hydroxylation is 1. The summed E-state index contributed by atoms with van der Waals surface area (Å²) in [7, 11) is 4.45. The molecule has 1 aliphatic heterocycles. The molecule has 1 saturated heterocycles. The van der Waals surface area contributed by atoms with E-state index in [2.05, 4.69) is 67.0 Å². The molecule has 0 radical (unpaired) electrons. The highest BCUT2D eigenvalue weighted by molar-refractivity contribution is 5.83. The van der Waals surface area contributed by atoms with E-state index in [0.29, 0.717) is 6.04 Å². The molecule has 124 valence electrons. The Labute approximate surface area is 140 Å². The third-order valence-electron chi connectivity index (χ3n) is 5.32. The van der Waals surface area contributed by atoms with Crippen LogP contribution in [0.5, 0.6) is 0 Å². The summed E-state index contributed by atoms with van der Waals surface area (Å²) in [5.41, 5.74) is 3.94. The van der Waals surface area contributed by atoms with Gasteiger partial charge in [-0.3, -0.25) is 9.88 Å². The number of aromatic nitrogens is 1.